The van der Waals surface area contributed by atoms with E-state index in [0.29, 0.717) is 10.4 Å². The van der Waals surface area contributed by atoms with Crippen LogP contribution in [0, 0.1) is 19.1 Å². The summed E-state index contributed by atoms with van der Waals surface area (Å²) in [5.41, 5.74) is 0.383. The molecule has 0 saturated carbocycles. The lowest BCUT2D eigenvalue weighted by molar-refractivity contribution is -0.599. The number of sulfonamides is 1. The molecule has 0 aliphatic rings. The molecule has 0 atom stereocenters. The van der Waals surface area contributed by atoms with Crippen molar-refractivity contribution in [2.75, 3.05) is 11.9 Å². The van der Waals surface area contributed by atoms with Crippen LogP contribution in [0.5, 0.6) is 0 Å². The van der Waals surface area contributed by atoms with Gasteiger partial charge in [-0.3, -0.25) is 4.68 Å². The van der Waals surface area contributed by atoms with Gasteiger partial charge in [-0.1, -0.05) is 4.98 Å². The van der Waals surface area contributed by atoms with Gasteiger partial charge in [0.15, 0.2) is 5.03 Å². The van der Waals surface area contributed by atoms with E-state index in [9.17, 15) is 23.2 Å². The number of nitrogens with one attached hydrogen (secondary N) is 2. The van der Waals surface area contributed by atoms with Crippen LogP contribution >= 0.6 is 0 Å². The Labute approximate surface area is 154 Å². The van der Waals surface area contributed by atoms with Crippen LogP contribution in [-0.4, -0.2) is 41.8 Å². The van der Waals surface area contributed by atoms with Gasteiger partial charge < -0.3 is 9.94 Å². The summed E-state index contributed by atoms with van der Waals surface area (Å²) in [6.45, 7) is 4.70. The summed E-state index contributed by atoms with van der Waals surface area (Å²) < 4.78 is 32.8. The monoisotopic (exact) mass is 398 g/mol. The normalized spacial score (nSPS) is 11.1. The van der Waals surface area contributed by atoms with Crippen LogP contribution in [0.2, 0.25) is 0 Å². The van der Waals surface area contributed by atoms with Crippen molar-refractivity contribution in [1.82, 2.24) is 19.5 Å². The van der Waals surface area contributed by atoms with Crippen molar-refractivity contribution >= 4 is 28.0 Å². The Morgan fingerprint density at radius 3 is 2.67 bits per heavy atom. The third kappa shape index (κ3) is 4.31. The maximum atomic E-state index is 12.5. The zero-order valence-electron chi connectivity index (χ0n) is 15.0. The van der Waals surface area contributed by atoms with Crippen molar-refractivity contribution in [3.05, 3.63) is 34.4 Å². The second-order valence-electron chi connectivity index (χ2n) is 5.42. The number of hydrogen-bond acceptors (Lipinski definition) is 8. The van der Waals surface area contributed by atoms with E-state index in [2.05, 4.69) is 15.4 Å². The number of aryl methyl sites for hydroxylation is 3. The molecule has 0 fully saturated rings. The van der Waals surface area contributed by atoms with E-state index in [1.54, 1.807) is 18.6 Å². The fourth-order valence-electron chi connectivity index (χ4n) is 2.24. The molecule has 2 rings (SSSR count). The first-order valence-corrected chi connectivity index (χ1v) is 9.15. The van der Waals surface area contributed by atoms with Crippen LogP contribution < -0.4 is 14.8 Å². The first kappa shape index (κ1) is 20.1. The molecule has 0 bridgehead atoms. The Morgan fingerprint density at radius 1 is 1.37 bits per heavy atom. The molecule has 2 amide bonds. The van der Waals surface area contributed by atoms with E-state index in [4.69, 9.17) is 4.74 Å². The molecule has 146 valence electrons. The number of ether oxygens (including phenoxy) is 1. The Bertz CT molecular complexity index is 1000. The molecule has 0 aromatic carbocycles. The largest absolute Gasteiger partial charge is 0.740 e. The van der Waals surface area contributed by atoms with Crippen molar-refractivity contribution in [2.24, 2.45) is 7.05 Å². The van der Waals surface area contributed by atoms with Gasteiger partial charge in [-0.2, -0.15) is 18.8 Å². The summed E-state index contributed by atoms with van der Waals surface area (Å²) in [5, 5.41) is 17.1. The maximum absolute atomic E-state index is 12.5. The molecule has 0 saturated heterocycles. The molecular formula is C14H18N6O6S. The van der Waals surface area contributed by atoms with Crippen LogP contribution in [0.15, 0.2) is 17.3 Å². The number of urea groups is 1. The fourth-order valence-corrected chi connectivity index (χ4v) is 3.46. The van der Waals surface area contributed by atoms with Gasteiger partial charge in [0.25, 0.3) is 10.0 Å². The van der Waals surface area contributed by atoms with Crippen LogP contribution in [0.4, 0.5) is 10.7 Å². The summed E-state index contributed by atoms with van der Waals surface area (Å²) in [5.74, 6) is -1.30. The topological polar surface area (TPSA) is 159 Å². The molecule has 0 spiro atoms. The lowest BCUT2D eigenvalue weighted by atomic mass is 10.3. The lowest BCUT2D eigenvalue weighted by Gasteiger charge is -2.12. The second kappa shape index (κ2) is 7.57. The Balaban J connectivity index is 2.28. The molecule has 27 heavy (non-hydrogen) atoms. The van der Waals surface area contributed by atoms with Crippen LogP contribution in [0.1, 0.15) is 28.7 Å². The third-order valence-electron chi connectivity index (χ3n) is 3.30. The van der Waals surface area contributed by atoms with E-state index in [0.717, 1.165) is 10.9 Å². The van der Waals surface area contributed by atoms with Gasteiger partial charge in [-0.25, -0.2) is 19.0 Å². The highest BCUT2D eigenvalue weighted by atomic mass is 32.2. The predicted octanol–water partition coefficient (Wildman–Crippen LogP) is -0.248. The molecule has 0 aliphatic carbocycles. The number of aromatic nitrogens is 4. The zero-order valence-corrected chi connectivity index (χ0v) is 15.8. The minimum absolute atomic E-state index is 0.0308. The van der Waals surface area contributed by atoms with Crippen LogP contribution in [0.3, 0.4) is 0 Å². The van der Waals surface area contributed by atoms with Gasteiger partial charge in [0.05, 0.1) is 18.5 Å². The highest BCUT2D eigenvalue weighted by Gasteiger charge is 2.31. The standard InChI is InChI=1S/C14H18N6O6S/c1-5-26-12(21)10-7-15-19(4)11(10)27(24,25)18-14(22)17-13-16-8(2)6-9(3)20(13)23/h6-7H,5H2,1-4H3,(H2,16,17,18,22). The van der Waals surface area contributed by atoms with Crippen molar-refractivity contribution in [2.45, 2.75) is 25.8 Å². The molecule has 12 nitrogen and oxygen atoms in total. The second-order valence-corrected chi connectivity index (χ2v) is 7.02. The molecule has 2 N–H and O–H groups in total. The summed E-state index contributed by atoms with van der Waals surface area (Å²) >= 11 is 0. The number of nitrogens with zero attached hydrogens (tertiary/aromatic N) is 4. The van der Waals surface area contributed by atoms with E-state index < -0.39 is 33.0 Å². The third-order valence-corrected chi connectivity index (χ3v) is 4.75. The molecule has 0 unspecified atom stereocenters. The van der Waals surface area contributed by atoms with Gasteiger partial charge in [0, 0.05) is 13.1 Å². The predicted molar refractivity (Wildman–Crippen MR) is 91.2 cm³/mol. The Hall–Kier alpha value is -3.22. The van der Waals surface area contributed by atoms with Gasteiger partial charge in [0.1, 0.15) is 11.3 Å². The molecule has 13 heteroatoms. The molecule has 2 aromatic rings. The number of anilines is 1. The first-order valence-electron chi connectivity index (χ1n) is 7.67. The van der Waals surface area contributed by atoms with Gasteiger partial charge >= 0.3 is 17.9 Å². The van der Waals surface area contributed by atoms with Gasteiger partial charge in [0.2, 0.25) is 0 Å². The van der Waals surface area contributed by atoms with Crippen LogP contribution in [-0.2, 0) is 21.8 Å². The molecule has 0 aliphatic heterocycles. The number of esters is 1. The number of carbonyl (C=O) groups is 2. The van der Waals surface area contributed by atoms with E-state index in [-0.39, 0.29) is 17.9 Å². The number of rotatable bonds is 5. The molecule has 2 aromatic heterocycles. The SMILES string of the molecule is CCOC(=O)c1cnn(C)c1S(=O)(=O)NC(=O)Nc1nc(C)cc(C)[n+]1[O-]. The van der Waals surface area contributed by atoms with Gasteiger partial charge in [-0.05, 0) is 20.8 Å². The summed E-state index contributed by atoms with van der Waals surface area (Å²) in [4.78, 5) is 27.8. The number of carbonyl (C=O) groups excluding carboxylic acids is 2. The van der Waals surface area contributed by atoms with E-state index in [1.165, 1.54) is 20.0 Å². The highest BCUT2D eigenvalue weighted by Crippen LogP contribution is 2.16. The molecular weight excluding hydrogens is 380 g/mol. The molecule has 2 heterocycles. The van der Waals surface area contributed by atoms with E-state index in [1.807, 2.05) is 0 Å². The smallest absolute Gasteiger partial charge is 0.401 e. The fraction of sp³-hybridized carbons (Fsp3) is 0.357. The van der Waals surface area contributed by atoms with Crippen molar-refractivity contribution in [1.29, 1.82) is 0 Å². The van der Waals surface area contributed by atoms with E-state index >= 15 is 0 Å². The quantitative estimate of drug-likeness (QED) is 0.396. The minimum Gasteiger partial charge on any atom is -0.740 e. The summed E-state index contributed by atoms with van der Waals surface area (Å²) in [7, 11) is -3.21. The maximum Gasteiger partial charge on any atom is 0.401 e. The average Bonchev–Trinajstić information content (AvgIpc) is 2.94. The minimum atomic E-state index is -4.50. The number of amides is 2. The Morgan fingerprint density at radius 2 is 2.04 bits per heavy atom. The van der Waals surface area contributed by atoms with Crippen molar-refractivity contribution < 1.29 is 27.5 Å². The first-order chi connectivity index (χ1) is 12.6. The van der Waals surface area contributed by atoms with Crippen molar-refractivity contribution in [3.8, 4) is 0 Å². The average molecular weight is 398 g/mol. The lowest BCUT2D eigenvalue weighted by Crippen LogP contribution is -2.42. The number of hydrogen-bond donors (Lipinski definition) is 2. The summed E-state index contributed by atoms with van der Waals surface area (Å²) in [6, 6.07) is 0.266. The van der Waals surface area contributed by atoms with Crippen molar-refractivity contribution in [3.63, 3.8) is 0 Å². The summed E-state index contributed by atoms with van der Waals surface area (Å²) in [6.07, 6.45) is 1.02. The van der Waals surface area contributed by atoms with Gasteiger partial charge in [-0.15, -0.1) is 0 Å². The Kier molecular flexibility index (Phi) is 5.64. The van der Waals surface area contributed by atoms with Crippen LogP contribution in [0.25, 0.3) is 0 Å². The zero-order chi connectivity index (χ0) is 20.4. The molecule has 0 radical (unpaired) electrons. The highest BCUT2D eigenvalue weighted by molar-refractivity contribution is 7.90.